The van der Waals surface area contributed by atoms with Gasteiger partial charge in [0, 0.05) is 11.4 Å². The quantitative estimate of drug-likeness (QED) is 0.902. The molecule has 1 aromatic carbocycles. The Balaban J connectivity index is 2.19. The molecule has 2 N–H and O–H groups in total. The zero-order valence-electron chi connectivity index (χ0n) is 9.50. The molecule has 0 amide bonds. The van der Waals surface area contributed by atoms with Crippen molar-refractivity contribution < 1.29 is 13.2 Å². The maximum absolute atomic E-state index is 12.6. The van der Waals surface area contributed by atoms with Gasteiger partial charge in [-0.15, -0.1) is 11.3 Å². The third-order valence-corrected chi connectivity index (χ3v) is 3.58. The van der Waals surface area contributed by atoms with E-state index in [2.05, 4.69) is 0 Å². The minimum atomic E-state index is -4.28. The molecular formula is C13H12F3NS. The highest BCUT2D eigenvalue weighted by molar-refractivity contribution is 7.10. The lowest BCUT2D eigenvalue weighted by atomic mass is 10.0. The fourth-order valence-corrected chi connectivity index (χ4v) is 2.49. The summed E-state index contributed by atoms with van der Waals surface area (Å²) in [6.45, 7) is 0.466. The number of rotatable bonds is 3. The van der Waals surface area contributed by atoms with Crippen molar-refractivity contribution in [2.24, 2.45) is 5.73 Å². The second-order valence-electron chi connectivity index (χ2n) is 4.00. The Labute approximate surface area is 107 Å². The molecule has 0 unspecified atom stereocenters. The predicted octanol–water partition coefficient (Wildman–Crippen LogP) is 3.82. The SMILES string of the molecule is NCc1cc(Cc2cccc(C(F)(F)F)c2)cs1. The van der Waals surface area contributed by atoms with Crippen molar-refractivity contribution in [3.05, 3.63) is 57.3 Å². The van der Waals surface area contributed by atoms with Gasteiger partial charge in [0.15, 0.2) is 0 Å². The first-order chi connectivity index (χ1) is 8.49. The van der Waals surface area contributed by atoms with Gasteiger partial charge in [-0.1, -0.05) is 18.2 Å². The van der Waals surface area contributed by atoms with E-state index in [1.807, 2.05) is 11.4 Å². The van der Waals surface area contributed by atoms with Gasteiger partial charge in [0.2, 0.25) is 0 Å². The molecule has 0 aliphatic carbocycles. The van der Waals surface area contributed by atoms with Gasteiger partial charge in [-0.2, -0.15) is 13.2 Å². The van der Waals surface area contributed by atoms with Crippen LogP contribution in [0.2, 0.25) is 0 Å². The lowest BCUT2D eigenvalue weighted by molar-refractivity contribution is -0.137. The first-order valence-corrected chi connectivity index (χ1v) is 6.29. The van der Waals surface area contributed by atoms with Gasteiger partial charge in [-0.25, -0.2) is 0 Å². The maximum Gasteiger partial charge on any atom is 0.416 e. The fraction of sp³-hybridized carbons (Fsp3) is 0.231. The fourth-order valence-electron chi connectivity index (χ4n) is 1.72. The summed E-state index contributed by atoms with van der Waals surface area (Å²) < 4.78 is 37.7. The van der Waals surface area contributed by atoms with Crippen LogP contribution in [0.1, 0.15) is 21.6 Å². The summed E-state index contributed by atoms with van der Waals surface area (Å²) in [5.41, 5.74) is 6.56. The molecule has 0 aliphatic heterocycles. The van der Waals surface area contributed by atoms with Crippen LogP contribution >= 0.6 is 11.3 Å². The summed E-state index contributed by atoms with van der Waals surface area (Å²) in [5, 5.41) is 1.93. The van der Waals surface area contributed by atoms with Gasteiger partial charge >= 0.3 is 6.18 Å². The minimum absolute atomic E-state index is 0.466. The Kier molecular flexibility index (Phi) is 3.73. The first-order valence-electron chi connectivity index (χ1n) is 5.41. The standard InChI is InChI=1S/C13H12F3NS/c14-13(15,16)11-3-1-2-9(5-11)4-10-6-12(7-17)18-8-10/h1-3,5-6,8H,4,7,17H2. The average Bonchev–Trinajstić information content (AvgIpc) is 2.76. The highest BCUT2D eigenvalue weighted by Gasteiger charge is 2.30. The van der Waals surface area contributed by atoms with E-state index in [9.17, 15) is 13.2 Å². The molecular weight excluding hydrogens is 259 g/mol. The van der Waals surface area contributed by atoms with Gasteiger partial charge in [-0.05, 0) is 35.1 Å². The molecule has 18 heavy (non-hydrogen) atoms. The molecule has 1 nitrogen and oxygen atoms in total. The average molecular weight is 271 g/mol. The number of halogens is 3. The van der Waals surface area contributed by atoms with E-state index in [1.54, 1.807) is 6.07 Å². The molecule has 0 bridgehead atoms. The highest BCUT2D eigenvalue weighted by Crippen LogP contribution is 2.30. The zero-order chi connectivity index (χ0) is 13.2. The lowest BCUT2D eigenvalue weighted by Gasteiger charge is -2.08. The maximum atomic E-state index is 12.6. The first kappa shape index (κ1) is 13.1. The Morgan fingerprint density at radius 3 is 2.50 bits per heavy atom. The molecule has 0 fully saturated rings. The smallest absolute Gasteiger partial charge is 0.326 e. The molecule has 96 valence electrons. The van der Waals surface area contributed by atoms with E-state index in [0.717, 1.165) is 16.5 Å². The molecule has 0 saturated heterocycles. The Morgan fingerprint density at radius 1 is 1.11 bits per heavy atom. The van der Waals surface area contributed by atoms with Crippen LogP contribution in [0.15, 0.2) is 35.7 Å². The molecule has 1 heterocycles. The summed E-state index contributed by atoms with van der Waals surface area (Å²) in [7, 11) is 0. The minimum Gasteiger partial charge on any atom is -0.326 e. The van der Waals surface area contributed by atoms with E-state index < -0.39 is 11.7 Å². The van der Waals surface area contributed by atoms with Crippen LogP contribution < -0.4 is 5.73 Å². The van der Waals surface area contributed by atoms with Crippen LogP contribution in [0.5, 0.6) is 0 Å². The second kappa shape index (κ2) is 5.12. The summed E-state index contributed by atoms with van der Waals surface area (Å²) >= 11 is 1.53. The molecule has 1 aromatic heterocycles. The van der Waals surface area contributed by atoms with E-state index in [-0.39, 0.29) is 0 Å². The summed E-state index contributed by atoms with van der Waals surface area (Å²) in [5.74, 6) is 0. The van der Waals surface area contributed by atoms with Gasteiger partial charge < -0.3 is 5.73 Å². The molecule has 2 aromatic rings. The van der Waals surface area contributed by atoms with Crippen molar-refractivity contribution in [3.8, 4) is 0 Å². The van der Waals surface area contributed by atoms with Crippen molar-refractivity contribution >= 4 is 11.3 Å². The molecule has 0 spiro atoms. The van der Waals surface area contributed by atoms with Gasteiger partial charge in [0.25, 0.3) is 0 Å². The van der Waals surface area contributed by atoms with E-state index >= 15 is 0 Å². The van der Waals surface area contributed by atoms with Crippen LogP contribution in [0.3, 0.4) is 0 Å². The van der Waals surface area contributed by atoms with Crippen molar-refractivity contribution in [2.75, 3.05) is 0 Å². The third-order valence-electron chi connectivity index (χ3n) is 2.57. The Morgan fingerprint density at radius 2 is 1.89 bits per heavy atom. The second-order valence-corrected chi connectivity index (χ2v) is 5.00. The van der Waals surface area contributed by atoms with Crippen LogP contribution in [-0.2, 0) is 19.1 Å². The van der Waals surface area contributed by atoms with Crippen molar-refractivity contribution in [3.63, 3.8) is 0 Å². The van der Waals surface area contributed by atoms with Crippen LogP contribution in [0.4, 0.5) is 13.2 Å². The predicted molar refractivity (Wildman–Crippen MR) is 66.5 cm³/mol. The van der Waals surface area contributed by atoms with Crippen molar-refractivity contribution in [1.82, 2.24) is 0 Å². The molecule has 2 rings (SSSR count). The highest BCUT2D eigenvalue weighted by atomic mass is 32.1. The molecule has 0 aliphatic rings. The lowest BCUT2D eigenvalue weighted by Crippen LogP contribution is -2.05. The van der Waals surface area contributed by atoms with Crippen LogP contribution in [0.25, 0.3) is 0 Å². The number of nitrogens with two attached hydrogens (primary N) is 1. The molecule has 0 saturated carbocycles. The monoisotopic (exact) mass is 271 g/mol. The largest absolute Gasteiger partial charge is 0.416 e. The summed E-state index contributed by atoms with van der Waals surface area (Å²) in [6, 6.07) is 7.36. The van der Waals surface area contributed by atoms with E-state index in [4.69, 9.17) is 5.73 Å². The molecule has 0 radical (unpaired) electrons. The van der Waals surface area contributed by atoms with Gasteiger partial charge in [0.05, 0.1) is 5.56 Å². The molecule has 0 atom stereocenters. The number of benzene rings is 1. The van der Waals surface area contributed by atoms with Crippen molar-refractivity contribution in [2.45, 2.75) is 19.1 Å². The van der Waals surface area contributed by atoms with Crippen LogP contribution in [0, 0.1) is 0 Å². The normalized spacial score (nSPS) is 11.8. The summed E-state index contributed by atoms with van der Waals surface area (Å²) in [6.07, 6.45) is -3.78. The van der Waals surface area contributed by atoms with Gasteiger partial charge in [0.1, 0.15) is 0 Å². The number of thiophene rings is 1. The Bertz CT molecular complexity index is 531. The van der Waals surface area contributed by atoms with Gasteiger partial charge in [-0.3, -0.25) is 0 Å². The van der Waals surface area contributed by atoms with E-state index in [1.165, 1.54) is 23.5 Å². The molecule has 5 heteroatoms. The summed E-state index contributed by atoms with van der Waals surface area (Å²) in [4.78, 5) is 1.04. The Hall–Kier alpha value is -1.33. The number of alkyl halides is 3. The van der Waals surface area contributed by atoms with Crippen LogP contribution in [-0.4, -0.2) is 0 Å². The topological polar surface area (TPSA) is 26.0 Å². The van der Waals surface area contributed by atoms with E-state index in [0.29, 0.717) is 18.5 Å². The number of hydrogen-bond donors (Lipinski definition) is 1. The third kappa shape index (κ3) is 3.11. The van der Waals surface area contributed by atoms with Crippen molar-refractivity contribution in [1.29, 1.82) is 0 Å². The zero-order valence-corrected chi connectivity index (χ0v) is 10.3. The number of hydrogen-bond acceptors (Lipinski definition) is 2.